The Bertz CT molecular complexity index is 107. The van der Waals surface area contributed by atoms with Crippen molar-refractivity contribution in [3.8, 4) is 0 Å². The van der Waals surface area contributed by atoms with E-state index in [1.54, 1.807) is 0 Å². The van der Waals surface area contributed by atoms with E-state index in [2.05, 4.69) is 30.7 Å². The van der Waals surface area contributed by atoms with Crippen molar-refractivity contribution in [1.29, 1.82) is 0 Å². The average Bonchev–Trinajstić information content (AvgIpc) is 2.22. The summed E-state index contributed by atoms with van der Waals surface area (Å²) in [6.07, 6.45) is 11.3. The van der Waals surface area contributed by atoms with Gasteiger partial charge in [-0.1, -0.05) is 0 Å². The van der Waals surface area contributed by atoms with E-state index in [9.17, 15) is 0 Å². The van der Waals surface area contributed by atoms with Gasteiger partial charge in [-0.2, -0.15) is 0 Å². The molecule has 2 aliphatic rings. The smallest absolute Gasteiger partial charge is 0.308 e. The average molecular weight is 98.1 g/mol. The van der Waals surface area contributed by atoms with Gasteiger partial charge in [0.25, 0.3) is 0 Å². The molecule has 0 fully saturated rings. The van der Waals surface area contributed by atoms with Crippen LogP contribution >= 0.6 is 0 Å². The van der Waals surface area contributed by atoms with Gasteiger partial charge in [-0.05, 0) is 0 Å². The maximum absolute atomic E-state index is 2.33. The SMILES string of the molecule is C1=CC2C=CC1[CH-]2.[Li+]. The van der Waals surface area contributed by atoms with Crippen LogP contribution in [0.4, 0.5) is 0 Å². The van der Waals surface area contributed by atoms with Crippen LogP contribution in [0.1, 0.15) is 0 Å². The molecule has 2 aliphatic carbocycles. The molecule has 0 radical (unpaired) electrons. The summed E-state index contributed by atoms with van der Waals surface area (Å²) in [5.74, 6) is 1.37. The van der Waals surface area contributed by atoms with Crippen LogP contribution in [0.25, 0.3) is 0 Å². The van der Waals surface area contributed by atoms with Gasteiger partial charge in [0.1, 0.15) is 0 Å². The summed E-state index contributed by atoms with van der Waals surface area (Å²) in [6, 6.07) is 0. The molecule has 0 amide bonds. The largest absolute Gasteiger partial charge is 1.00 e. The molecule has 36 valence electrons. The fraction of sp³-hybridized carbons (Fsp3) is 0.286. The van der Waals surface area contributed by atoms with Gasteiger partial charge in [0.2, 0.25) is 0 Å². The van der Waals surface area contributed by atoms with Crippen LogP contribution in [0, 0.1) is 18.3 Å². The van der Waals surface area contributed by atoms with Crippen molar-refractivity contribution in [2.24, 2.45) is 11.8 Å². The molecular weight excluding hydrogens is 91.0 g/mol. The molecule has 0 aromatic carbocycles. The van der Waals surface area contributed by atoms with Crippen molar-refractivity contribution in [2.45, 2.75) is 0 Å². The van der Waals surface area contributed by atoms with Crippen molar-refractivity contribution in [3.63, 3.8) is 0 Å². The first-order chi connectivity index (χ1) is 3.45. The molecule has 0 N–H and O–H groups in total. The van der Waals surface area contributed by atoms with Gasteiger partial charge in [0.05, 0.1) is 0 Å². The maximum atomic E-state index is 2.33. The molecule has 0 aromatic rings. The normalized spacial score (nSPS) is 38.0. The van der Waals surface area contributed by atoms with E-state index in [4.69, 9.17) is 0 Å². The minimum absolute atomic E-state index is 0. The third-order valence-electron chi connectivity index (χ3n) is 1.56. The summed E-state index contributed by atoms with van der Waals surface area (Å²) < 4.78 is 0. The standard InChI is InChI=1S/C7H7.Li/c1-2-7-4-3-6(1)5-7;/h1-7H;/q-1;+1. The van der Waals surface area contributed by atoms with Crippen LogP contribution in [-0.2, 0) is 0 Å². The molecule has 2 rings (SSSR count). The van der Waals surface area contributed by atoms with Crippen LogP contribution in [0.15, 0.2) is 24.3 Å². The van der Waals surface area contributed by atoms with Crippen molar-refractivity contribution in [3.05, 3.63) is 30.7 Å². The molecule has 0 saturated carbocycles. The minimum Gasteiger partial charge on any atom is -0.308 e. The topological polar surface area (TPSA) is 0 Å². The number of rotatable bonds is 0. The first-order valence-electron chi connectivity index (χ1n) is 2.67. The van der Waals surface area contributed by atoms with E-state index in [1.807, 2.05) is 0 Å². The van der Waals surface area contributed by atoms with Gasteiger partial charge >= 0.3 is 18.9 Å². The van der Waals surface area contributed by atoms with E-state index in [1.165, 1.54) is 0 Å². The third kappa shape index (κ3) is 0.791. The number of hydrogen-bond acceptors (Lipinski definition) is 0. The summed E-state index contributed by atoms with van der Waals surface area (Å²) in [7, 11) is 0. The molecular formula is C7H7Li. The Morgan fingerprint density at radius 3 is 1.38 bits per heavy atom. The van der Waals surface area contributed by atoms with E-state index in [-0.39, 0.29) is 18.9 Å². The molecule has 0 nitrogen and oxygen atoms in total. The van der Waals surface area contributed by atoms with Crippen LogP contribution in [0.5, 0.6) is 0 Å². The Hall–Kier alpha value is 0.0774. The first kappa shape index (κ1) is 6.20. The zero-order chi connectivity index (χ0) is 4.69. The molecule has 8 heavy (non-hydrogen) atoms. The molecule has 0 aliphatic heterocycles. The quantitative estimate of drug-likeness (QED) is 0.198. The van der Waals surface area contributed by atoms with Crippen molar-refractivity contribution in [1.82, 2.24) is 0 Å². The fourth-order valence-electron chi connectivity index (χ4n) is 1.15. The van der Waals surface area contributed by atoms with Crippen LogP contribution in [0.2, 0.25) is 0 Å². The Labute approximate surface area is 61.8 Å². The molecule has 0 aromatic heterocycles. The number of hydrogen-bond donors (Lipinski definition) is 0. The van der Waals surface area contributed by atoms with Crippen LogP contribution in [-0.4, -0.2) is 0 Å². The fourth-order valence-corrected chi connectivity index (χ4v) is 1.15. The Morgan fingerprint density at radius 2 is 1.25 bits per heavy atom. The second kappa shape index (κ2) is 2.13. The second-order valence-electron chi connectivity index (χ2n) is 2.12. The van der Waals surface area contributed by atoms with Gasteiger partial charge in [0, 0.05) is 0 Å². The van der Waals surface area contributed by atoms with E-state index >= 15 is 0 Å². The second-order valence-corrected chi connectivity index (χ2v) is 2.12. The summed E-state index contributed by atoms with van der Waals surface area (Å²) in [5.41, 5.74) is 0. The monoisotopic (exact) mass is 98.1 g/mol. The van der Waals surface area contributed by atoms with Gasteiger partial charge < -0.3 is 6.42 Å². The zero-order valence-corrected chi connectivity index (χ0v) is 5.04. The summed E-state index contributed by atoms with van der Waals surface area (Å²) in [4.78, 5) is 0. The van der Waals surface area contributed by atoms with Crippen LogP contribution in [0.3, 0.4) is 0 Å². The Morgan fingerprint density at radius 1 is 0.875 bits per heavy atom. The Kier molecular flexibility index (Phi) is 1.65. The van der Waals surface area contributed by atoms with Crippen molar-refractivity contribution >= 4 is 0 Å². The summed E-state index contributed by atoms with van der Waals surface area (Å²) >= 11 is 0. The summed E-state index contributed by atoms with van der Waals surface area (Å²) in [5, 5.41) is 0. The molecule has 0 unspecified atom stereocenters. The number of allylic oxidation sites excluding steroid dienone is 4. The molecule has 0 spiro atoms. The summed E-state index contributed by atoms with van der Waals surface area (Å²) in [6.45, 7) is 0. The first-order valence-corrected chi connectivity index (χ1v) is 2.67. The van der Waals surface area contributed by atoms with Crippen LogP contribution < -0.4 is 18.9 Å². The van der Waals surface area contributed by atoms with E-state index in [0.29, 0.717) is 11.8 Å². The minimum atomic E-state index is 0. The predicted molar refractivity (Wildman–Crippen MR) is 29.6 cm³/mol. The van der Waals surface area contributed by atoms with E-state index < -0.39 is 0 Å². The molecule has 0 atom stereocenters. The van der Waals surface area contributed by atoms with Gasteiger partial charge in [-0.15, -0.1) is 36.1 Å². The maximum Gasteiger partial charge on any atom is 1.00 e. The molecule has 1 heteroatoms. The van der Waals surface area contributed by atoms with Gasteiger partial charge in [-0.25, -0.2) is 0 Å². The predicted octanol–water partition coefficient (Wildman–Crippen LogP) is -1.43. The third-order valence-corrected chi connectivity index (χ3v) is 1.56. The molecule has 0 heterocycles. The van der Waals surface area contributed by atoms with Crippen molar-refractivity contribution < 1.29 is 18.9 Å². The van der Waals surface area contributed by atoms with Gasteiger partial charge in [0.15, 0.2) is 0 Å². The zero-order valence-electron chi connectivity index (χ0n) is 5.04. The Balaban J connectivity index is 0.000000320. The molecule has 0 saturated heterocycles. The molecule has 2 bridgehead atoms. The number of fused-ring (bicyclic) bond motifs is 2. The van der Waals surface area contributed by atoms with Crippen molar-refractivity contribution in [2.75, 3.05) is 0 Å². The van der Waals surface area contributed by atoms with E-state index in [0.717, 1.165) is 0 Å². The van der Waals surface area contributed by atoms with Gasteiger partial charge in [-0.3, -0.25) is 0 Å².